The lowest BCUT2D eigenvalue weighted by atomic mass is 9.66. The number of rotatable bonds is 2. The highest BCUT2D eigenvalue weighted by Crippen LogP contribution is 2.45. The summed E-state index contributed by atoms with van der Waals surface area (Å²) in [5, 5.41) is 9.52. The number of hydrogen-bond donors (Lipinski definition) is 1. The third-order valence-corrected chi connectivity index (χ3v) is 3.24. The minimum atomic E-state index is -0.797. The number of aliphatic carboxylic acids is 1. The van der Waals surface area contributed by atoms with Gasteiger partial charge >= 0.3 is 5.97 Å². The van der Waals surface area contributed by atoms with Gasteiger partial charge in [-0.05, 0) is 12.8 Å². The molecule has 0 aliphatic heterocycles. The van der Waals surface area contributed by atoms with E-state index in [4.69, 9.17) is 11.6 Å². The second-order valence-electron chi connectivity index (χ2n) is 3.74. The molecule has 1 aliphatic rings. The molecule has 76 valence electrons. The van der Waals surface area contributed by atoms with Gasteiger partial charge in [-0.1, -0.05) is 18.0 Å². The minimum absolute atomic E-state index is 0.314. The van der Waals surface area contributed by atoms with Gasteiger partial charge in [0.25, 0.3) is 0 Å². The molecular formula is C9H11ClN2O2. The number of carboxylic acids is 1. The fourth-order valence-electron chi connectivity index (χ4n) is 2.02. The molecule has 0 radical (unpaired) electrons. The predicted octanol–water partition coefficient (Wildman–Crippen LogP) is 1.58. The summed E-state index contributed by atoms with van der Waals surface area (Å²) in [6.07, 6.45) is 3.80. The lowest BCUT2D eigenvalue weighted by Gasteiger charge is -2.37. The van der Waals surface area contributed by atoms with E-state index in [2.05, 4.69) is 4.98 Å². The Morgan fingerprint density at radius 2 is 2.36 bits per heavy atom. The summed E-state index contributed by atoms with van der Waals surface area (Å²) < 4.78 is 1.70. The number of aromatic nitrogens is 2. The van der Waals surface area contributed by atoms with Gasteiger partial charge in [0, 0.05) is 7.05 Å². The number of carbonyl (C=O) groups is 1. The number of halogens is 1. The Morgan fingerprint density at radius 3 is 2.64 bits per heavy atom. The van der Waals surface area contributed by atoms with E-state index in [0.717, 1.165) is 6.42 Å². The Hall–Kier alpha value is -1.03. The van der Waals surface area contributed by atoms with Gasteiger partial charge in [0.05, 0.1) is 12.0 Å². The highest BCUT2D eigenvalue weighted by molar-refractivity contribution is 6.30. The molecule has 5 heteroatoms. The molecule has 1 heterocycles. The second-order valence-corrected chi connectivity index (χ2v) is 4.09. The van der Waals surface area contributed by atoms with Crippen LogP contribution in [0.1, 0.15) is 25.0 Å². The Bertz CT molecular complexity index is 363. The van der Waals surface area contributed by atoms with Crippen LogP contribution in [-0.4, -0.2) is 20.6 Å². The van der Waals surface area contributed by atoms with Crippen molar-refractivity contribution in [1.29, 1.82) is 0 Å². The molecule has 1 aliphatic carbocycles. The molecule has 14 heavy (non-hydrogen) atoms. The maximum absolute atomic E-state index is 11.2. The standard InChI is InChI=1S/C9H11ClN2O2/c1-12-5-11-7(10)6(12)9(8(13)14)3-2-4-9/h5H,2-4H2,1H3,(H,13,14). The molecule has 0 aromatic carbocycles. The average molecular weight is 215 g/mol. The Balaban J connectivity index is 2.51. The van der Waals surface area contributed by atoms with Crippen molar-refractivity contribution >= 4 is 17.6 Å². The van der Waals surface area contributed by atoms with E-state index < -0.39 is 11.4 Å². The van der Waals surface area contributed by atoms with Crippen LogP contribution >= 0.6 is 11.6 Å². The van der Waals surface area contributed by atoms with Crippen LogP contribution < -0.4 is 0 Å². The van der Waals surface area contributed by atoms with E-state index in [0.29, 0.717) is 23.7 Å². The van der Waals surface area contributed by atoms with Gasteiger partial charge in [-0.2, -0.15) is 0 Å². The molecule has 0 amide bonds. The first-order chi connectivity index (χ1) is 6.58. The van der Waals surface area contributed by atoms with E-state index in [9.17, 15) is 9.90 Å². The van der Waals surface area contributed by atoms with E-state index in [1.165, 1.54) is 0 Å². The van der Waals surface area contributed by atoms with E-state index in [-0.39, 0.29) is 0 Å². The number of aryl methyl sites for hydroxylation is 1. The van der Waals surface area contributed by atoms with Crippen LogP contribution in [0.5, 0.6) is 0 Å². The van der Waals surface area contributed by atoms with Gasteiger partial charge in [-0.25, -0.2) is 4.98 Å². The average Bonchev–Trinajstić information content (AvgIpc) is 2.33. The largest absolute Gasteiger partial charge is 0.481 e. The molecule has 4 nitrogen and oxygen atoms in total. The summed E-state index contributed by atoms with van der Waals surface area (Å²) in [5.41, 5.74) is -0.152. The van der Waals surface area contributed by atoms with Crippen molar-refractivity contribution in [3.05, 3.63) is 17.2 Å². The summed E-state index contributed by atoms with van der Waals surface area (Å²) >= 11 is 5.89. The summed E-state index contributed by atoms with van der Waals surface area (Å²) in [6, 6.07) is 0. The van der Waals surface area contributed by atoms with Gasteiger partial charge in [0.2, 0.25) is 0 Å². The molecule has 2 rings (SSSR count). The lowest BCUT2D eigenvalue weighted by Crippen LogP contribution is -2.43. The molecule has 0 spiro atoms. The third kappa shape index (κ3) is 1.07. The van der Waals surface area contributed by atoms with E-state index in [1.807, 2.05) is 0 Å². The maximum atomic E-state index is 11.2. The molecule has 1 aromatic rings. The normalized spacial score (nSPS) is 19.0. The zero-order chi connectivity index (χ0) is 10.3. The predicted molar refractivity (Wildman–Crippen MR) is 51.4 cm³/mol. The zero-order valence-electron chi connectivity index (χ0n) is 7.83. The van der Waals surface area contributed by atoms with Crippen molar-refractivity contribution in [2.75, 3.05) is 0 Å². The molecule has 1 fully saturated rings. The quantitative estimate of drug-likeness (QED) is 0.813. The van der Waals surface area contributed by atoms with E-state index in [1.54, 1.807) is 17.9 Å². The fourth-order valence-corrected chi connectivity index (χ4v) is 2.38. The van der Waals surface area contributed by atoms with Gasteiger partial charge in [-0.15, -0.1) is 0 Å². The molecule has 1 saturated carbocycles. The number of imidazole rings is 1. The summed E-state index contributed by atoms with van der Waals surface area (Å²) in [6.45, 7) is 0. The molecule has 0 unspecified atom stereocenters. The van der Waals surface area contributed by atoms with Gasteiger partial charge in [0.1, 0.15) is 5.41 Å². The molecule has 0 atom stereocenters. The lowest BCUT2D eigenvalue weighted by molar-refractivity contribution is -0.147. The Labute approximate surface area is 86.5 Å². The molecule has 1 aromatic heterocycles. The van der Waals surface area contributed by atoms with E-state index >= 15 is 0 Å². The van der Waals surface area contributed by atoms with Crippen LogP contribution in [0.2, 0.25) is 5.15 Å². The van der Waals surface area contributed by atoms with Crippen molar-refractivity contribution in [3.63, 3.8) is 0 Å². The Morgan fingerprint density at radius 1 is 1.71 bits per heavy atom. The van der Waals surface area contributed by atoms with Crippen molar-refractivity contribution in [2.45, 2.75) is 24.7 Å². The molecule has 1 N–H and O–H groups in total. The van der Waals surface area contributed by atoms with Gasteiger partial charge in [-0.3, -0.25) is 4.79 Å². The zero-order valence-corrected chi connectivity index (χ0v) is 8.58. The van der Waals surface area contributed by atoms with Crippen LogP contribution in [-0.2, 0) is 17.3 Å². The van der Waals surface area contributed by atoms with Crippen LogP contribution in [0.3, 0.4) is 0 Å². The molecular weight excluding hydrogens is 204 g/mol. The van der Waals surface area contributed by atoms with Crippen molar-refractivity contribution in [2.24, 2.45) is 7.05 Å². The van der Waals surface area contributed by atoms with Crippen LogP contribution in [0.25, 0.3) is 0 Å². The number of hydrogen-bond acceptors (Lipinski definition) is 2. The topological polar surface area (TPSA) is 55.1 Å². The van der Waals surface area contributed by atoms with Crippen LogP contribution in [0.15, 0.2) is 6.33 Å². The van der Waals surface area contributed by atoms with Gasteiger partial charge in [0.15, 0.2) is 5.15 Å². The van der Waals surface area contributed by atoms with Crippen molar-refractivity contribution in [3.8, 4) is 0 Å². The first-order valence-electron chi connectivity index (χ1n) is 4.48. The van der Waals surface area contributed by atoms with Gasteiger partial charge < -0.3 is 9.67 Å². The maximum Gasteiger partial charge on any atom is 0.315 e. The highest BCUT2D eigenvalue weighted by Gasteiger charge is 2.49. The van der Waals surface area contributed by atoms with Crippen LogP contribution in [0.4, 0.5) is 0 Å². The van der Waals surface area contributed by atoms with Crippen molar-refractivity contribution in [1.82, 2.24) is 9.55 Å². The number of carboxylic acid groups (broad SMARTS) is 1. The highest BCUT2D eigenvalue weighted by atomic mass is 35.5. The summed E-state index contributed by atoms with van der Waals surface area (Å²) in [5.74, 6) is -0.797. The minimum Gasteiger partial charge on any atom is -0.481 e. The first-order valence-corrected chi connectivity index (χ1v) is 4.86. The third-order valence-electron chi connectivity index (χ3n) is 2.96. The Kier molecular flexibility index (Phi) is 2.03. The number of nitrogens with zero attached hydrogens (tertiary/aromatic N) is 2. The SMILES string of the molecule is Cn1cnc(Cl)c1C1(C(=O)O)CCC1. The fraction of sp³-hybridized carbons (Fsp3) is 0.556. The van der Waals surface area contributed by atoms with Crippen molar-refractivity contribution < 1.29 is 9.90 Å². The molecule has 0 bridgehead atoms. The monoisotopic (exact) mass is 214 g/mol. The second kappa shape index (κ2) is 2.98. The first kappa shape index (κ1) is 9.52. The smallest absolute Gasteiger partial charge is 0.315 e. The van der Waals surface area contributed by atoms with Crippen LogP contribution in [0, 0.1) is 0 Å². The summed E-state index contributed by atoms with van der Waals surface area (Å²) in [7, 11) is 1.78. The molecule has 0 saturated heterocycles. The summed E-state index contributed by atoms with van der Waals surface area (Å²) in [4.78, 5) is 15.1.